The van der Waals surface area contributed by atoms with Crippen LogP contribution >= 0.6 is 11.8 Å². The zero-order chi connectivity index (χ0) is 21.9. The number of amides is 3. The van der Waals surface area contributed by atoms with Gasteiger partial charge in [0.2, 0.25) is 17.7 Å². The van der Waals surface area contributed by atoms with Gasteiger partial charge in [-0.2, -0.15) is 11.8 Å². The molecule has 0 spiro atoms. The smallest absolute Gasteiger partial charge is 0.326 e. The molecule has 0 radical (unpaired) electrons. The first-order chi connectivity index (χ1) is 13.0. The maximum atomic E-state index is 12.5. The average Bonchev–Trinajstić information content (AvgIpc) is 2.60. The molecule has 10 heteroatoms. The van der Waals surface area contributed by atoms with Crippen LogP contribution < -0.4 is 21.7 Å². The van der Waals surface area contributed by atoms with E-state index < -0.39 is 41.8 Å². The van der Waals surface area contributed by atoms with Gasteiger partial charge in [-0.25, -0.2) is 4.79 Å². The molecule has 3 unspecified atom stereocenters. The molecule has 28 heavy (non-hydrogen) atoms. The molecule has 0 heterocycles. The van der Waals surface area contributed by atoms with E-state index in [0.29, 0.717) is 12.2 Å². The van der Waals surface area contributed by atoms with E-state index in [9.17, 15) is 24.3 Å². The minimum atomic E-state index is -1.12. The summed E-state index contributed by atoms with van der Waals surface area (Å²) in [6.07, 6.45) is 2.49. The van der Waals surface area contributed by atoms with Crippen molar-refractivity contribution in [3.8, 4) is 0 Å². The van der Waals surface area contributed by atoms with Gasteiger partial charge in [0, 0.05) is 0 Å². The summed E-state index contributed by atoms with van der Waals surface area (Å²) in [4.78, 5) is 47.9. The summed E-state index contributed by atoms with van der Waals surface area (Å²) < 4.78 is 0. The lowest BCUT2D eigenvalue weighted by Crippen LogP contribution is -2.54. The van der Waals surface area contributed by atoms with Gasteiger partial charge in [-0.1, -0.05) is 27.7 Å². The lowest BCUT2D eigenvalue weighted by atomic mass is 10.0. The zero-order valence-electron chi connectivity index (χ0n) is 17.3. The molecule has 0 aliphatic rings. The van der Waals surface area contributed by atoms with Crippen LogP contribution in [0.1, 0.15) is 40.5 Å². The van der Waals surface area contributed by atoms with Crippen molar-refractivity contribution in [3.63, 3.8) is 0 Å². The molecule has 0 aliphatic carbocycles. The maximum absolute atomic E-state index is 12.5. The van der Waals surface area contributed by atoms with Crippen LogP contribution in [0.4, 0.5) is 0 Å². The summed E-state index contributed by atoms with van der Waals surface area (Å²) in [7, 11) is 0. The number of thioether (sulfide) groups is 1. The molecular formula is C18H34N4O5S. The number of aliphatic carboxylic acids is 1. The normalized spacial score (nSPS) is 14.3. The Morgan fingerprint density at radius 1 is 1.00 bits per heavy atom. The van der Waals surface area contributed by atoms with Crippen molar-refractivity contribution in [1.29, 1.82) is 0 Å². The number of carboxylic acid groups (broad SMARTS) is 1. The Morgan fingerprint density at radius 3 is 2.07 bits per heavy atom. The first kappa shape index (κ1) is 26.2. The van der Waals surface area contributed by atoms with Gasteiger partial charge in [-0.15, -0.1) is 0 Å². The minimum Gasteiger partial charge on any atom is -0.480 e. The van der Waals surface area contributed by atoms with Gasteiger partial charge in [0.1, 0.15) is 12.1 Å². The molecule has 0 bridgehead atoms. The highest BCUT2D eigenvalue weighted by molar-refractivity contribution is 7.98. The van der Waals surface area contributed by atoms with E-state index in [4.69, 9.17) is 5.73 Å². The summed E-state index contributed by atoms with van der Waals surface area (Å²) in [5.74, 6) is -2.05. The van der Waals surface area contributed by atoms with E-state index in [1.807, 2.05) is 20.1 Å². The van der Waals surface area contributed by atoms with Crippen LogP contribution in [0.2, 0.25) is 0 Å². The Kier molecular flexibility index (Phi) is 12.5. The molecule has 0 saturated carbocycles. The Labute approximate surface area is 170 Å². The third-order valence-corrected chi connectivity index (χ3v) is 4.67. The molecule has 3 amide bonds. The molecular weight excluding hydrogens is 384 g/mol. The number of carboxylic acids is 1. The maximum Gasteiger partial charge on any atom is 0.326 e. The van der Waals surface area contributed by atoms with Crippen molar-refractivity contribution in [2.45, 2.75) is 58.7 Å². The molecule has 0 aromatic rings. The van der Waals surface area contributed by atoms with Crippen molar-refractivity contribution >= 4 is 35.5 Å². The van der Waals surface area contributed by atoms with E-state index in [1.54, 1.807) is 13.8 Å². The fourth-order valence-corrected chi connectivity index (χ4v) is 2.77. The lowest BCUT2D eigenvalue weighted by molar-refractivity contribution is -0.142. The largest absolute Gasteiger partial charge is 0.480 e. The Morgan fingerprint density at radius 2 is 1.61 bits per heavy atom. The quantitative estimate of drug-likeness (QED) is 0.281. The predicted molar refractivity (Wildman–Crippen MR) is 110 cm³/mol. The summed E-state index contributed by atoms with van der Waals surface area (Å²) in [6, 6.07) is -2.63. The number of nitrogens with two attached hydrogens (primary N) is 1. The standard InChI is InChI=1S/C18H34N4O5S/c1-10(2)8-13(18(26)27)22-16(24)12(6-7-28-5)21-14(23)9-20-17(25)15(19)11(3)4/h10-13,15H,6-9,19H2,1-5H3,(H,20,25)(H,21,23)(H,22,24)(H,26,27). The fourth-order valence-electron chi connectivity index (χ4n) is 2.30. The Bertz CT molecular complexity index is 542. The SMILES string of the molecule is CSCCC(NC(=O)CNC(=O)C(N)C(C)C)C(=O)NC(CC(C)C)C(=O)O. The molecule has 0 aliphatic heterocycles. The number of nitrogens with one attached hydrogen (secondary N) is 3. The van der Waals surface area contributed by atoms with Crippen LogP contribution in [-0.4, -0.2) is 65.5 Å². The van der Waals surface area contributed by atoms with Crippen LogP contribution in [0.3, 0.4) is 0 Å². The lowest BCUT2D eigenvalue weighted by Gasteiger charge is -2.22. The number of carbonyl (C=O) groups is 4. The highest BCUT2D eigenvalue weighted by Gasteiger charge is 2.27. The molecule has 3 atom stereocenters. The zero-order valence-corrected chi connectivity index (χ0v) is 18.1. The van der Waals surface area contributed by atoms with E-state index >= 15 is 0 Å². The molecule has 0 saturated heterocycles. The summed E-state index contributed by atoms with van der Waals surface area (Å²) in [5.41, 5.74) is 5.72. The molecule has 0 aromatic heterocycles. The van der Waals surface area contributed by atoms with Gasteiger partial charge < -0.3 is 26.8 Å². The second-order valence-electron chi connectivity index (χ2n) is 7.42. The summed E-state index contributed by atoms with van der Waals surface area (Å²) in [6.45, 7) is 7.00. The van der Waals surface area contributed by atoms with E-state index in [-0.39, 0.29) is 24.8 Å². The van der Waals surface area contributed by atoms with Crippen molar-refractivity contribution in [2.24, 2.45) is 17.6 Å². The van der Waals surface area contributed by atoms with Gasteiger partial charge in [-0.3, -0.25) is 14.4 Å². The van der Waals surface area contributed by atoms with Crippen molar-refractivity contribution in [1.82, 2.24) is 16.0 Å². The van der Waals surface area contributed by atoms with Gasteiger partial charge in [0.05, 0.1) is 12.6 Å². The topological polar surface area (TPSA) is 151 Å². The molecule has 0 aromatic carbocycles. The Hall–Kier alpha value is -1.81. The van der Waals surface area contributed by atoms with Gasteiger partial charge in [0.25, 0.3) is 0 Å². The molecule has 9 nitrogen and oxygen atoms in total. The minimum absolute atomic E-state index is 0.0722. The van der Waals surface area contributed by atoms with Crippen LogP contribution in [0.5, 0.6) is 0 Å². The highest BCUT2D eigenvalue weighted by atomic mass is 32.2. The van der Waals surface area contributed by atoms with E-state index in [2.05, 4.69) is 16.0 Å². The number of hydrogen-bond acceptors (Lipinski definition) is 6. The monoisotopic (exact) mass is 418 g/mol. The molecule has 0 rings (SSSR count). The highest BCUT2D eigenvalue weighted by Crippen LogP contribution is 2.07. The predicted octanol–water partition coefficient (Wildman–Crippen LogP) is -0.0607. The van der Waals surface area contributed by atoms with Crippen molar-refractivity contribution in [2.75, 3.05) is 18.6 Å². The van der Waals surface area contributed by atoms with Crippen LogP contribution in [-0.2, 0) is 19.2 Å². The van der Waals surface area contributed by atoms with Crippen LogP contribution in [0.15, 0.2) is 0 Å². The third-order valence-electron chi connectivity index (χ3n) is 4.03. The number of hydrogen-bond donors (Lipinski definition) is 5. The van der Waals surface area contributed by atoms with Crippen molar-refractivity contribution in [3.05, 3.63) is 0 Å². The van der Waals surface area contributed by atoms with Gasteiger partial charge in [-0.05, 0) is 36.7 Å². The first-order valence-corrected chi connectivity index (χ1v) is 10.7. The van der Waals surface area contributed by atoms with Crippen LogP contribution in [0, 0.1) is 11.8 Å². The summed E-state index contributed by atoms with van der Waals surface area (Å²) >= 11 is 1.50. The molecule has 162 valence electrons. The molecule has 6 N–H and O–H groups in total. The van der Waals surface area contributed by atoms with E-state index in [1.165, 1.54) is 11.8 Å². The van der Waals surface area contributed by atoms with Crippen LogP contribution in [0.25, 0.3) is 0 Å². The second kappa shape index (κ2) is 13.4. The third kappa shape index (κ3) is 10.5. The summed E-state index contributed by atoms with van der Waals surface area (Å²) in [5, 5.41) is 16.8. The Balaban J connectivity index is 4.87. The number of rotatable bonds is 13. The first-order valence-electron chi connectivity index (χ1n) is 9.34. The number of carbonyl (C=O) groups excluding carboxylic acids is 3. The van der Waals surface area contributed by atoms with Crippen molar-refractivity contribution < 1.29 is 24.3 Å². The molecule has 0 fully saturated rings. The van der Waals surface area contributed by atoms with Gasteiger partial charge in [0.15, 0.2) is 0 Å². The fraction of sp³-hybridized carbons (Fsp3) is 0.778. The van der Waals surface area contributed by atoms with Gasteiger partial charge >= 0.3 is 5.97 Å². The van der Waals surface area contributed by atoms with E-state index in [0.717, 1.165) is 0 Å². The average molecular weight is 419 g/mol. The second-order valence-corrected chi connectivity index (χ2v) is 8.40.